The minimum Gasteiger partial charge on any atom is -0.384 e. The van der Waals surface area contributed by atoms with Crippen LogP contribution < -0.4 is 16.7 Å². The molecule has 31 heavy (non-hydrogen) atoms. The zero-order valence-electron chi connectivity index (χ0n) is 16.8. The standard InChI is InChI=1S/C20H18F3N7O/c1-10-8-15-17(11(2)28-30(15)19(31)29(10)3)14-9-16(24)27-18(26-14)25-13-6-4-12(5-7-13)20(21,22)23/h4-9H,1-3H3,(H3,24,25,26,27). The van der Waals surface area contributed by atoms with Crippen LogP contribution in [0.1, 0.15) is 17.0 Å². The van der Waals surface area contributed by atoms with Crippen LogP contribution in [0.3, 0.4) is 0 Å². The maximum absolute atomic E-state index is 12.8. The molecule has 0 bridgehead atoms. The van der Waals surface area contributed by atoms with Crippen molar-refractivity contribution in [3.05, 3.63) is 63.8 Å². The molecule has 0 unspecified atom stereocenters. The first-order valence-corrected chi connectivity index (χ1v) is 9.20. The van der Waals surface area contributed by atoms with Gasteiger partial charge in [-0.2, -0.15) is 27.8 Å². The summed E-state index contributed by atoms with van der Waals surface area (Å²) in [5, 5.41) is 7.18. The number of halogens is 3. The van der Waals surface area contributed by atoms with E-state index in [9.17, 15) is 18.0 Å². The lowest BCUT2D eigenvalue weighted by atomic mass is 10.1. The minimum atomic E-state index is -4.42. The summed E-state index contributed by atoms with van der Waals surface area (Å²) in [7, 11) is 1.66. The third kappa shape index (κ3) is 3.69. The van der Waals surface area contributed by atoms with Gasteiger partial charge in [-0.15, -0.1) is 0 Å². The molecule has 0 saturated carbocycles. The molecular weight excluding hydrogens is 411 g/mol. The highest BCUT2D eigenvalue weighted by atomic mass is 19.4. The van der Waals surface area contributed by atoms with Gasteiger partial charge >= 0.3 is 11.9 Å². The van der Waals surface area contributed by atoms with Gasteiger partial charge < -0.3 is 11.1 Å². The summed E-state index contributed by atoms with van der Waals surface area (Å²) in [6.45, 7) is 3.55. The molecule has 0 radical (unpaired) electrons. The number of nitrogens with one attached hydrogen (secondary N) is 1. The van der Waals surface area contributed by atoms with E-state index in [2.05, 4.69) is 20.4 Å². The Hall–Kier alpha value is -3.89. The Bertz CT molecular complexity index is 1350. The summed E-state index contributed by atoms with van der Waals surface area (Å²) >= 11 is 0. The molecule has 11 heteroatoms. The Morgan fingerprint density at radius 1 is 1.06 bits per heavy atom. The fraction of sp³-hybridized carbons (Fsp3) is 0.200. The molecule has 0 amide bonds. The van der Waals surface area contributed by atoms with Crippen LogP contribution >= 0.6 is 0 Å². The Labute approximate surface area is 174 Å². The number of aromatic nitrogens is 5. The molecule has 0 saturated heterocycles. The summed E-state index contributed by atoms with van der Waals surface area (Å²) in [5.41, 5.74) is 8.18. The molecule has 0 atom stereocenters. The van der Waals surface area contributed by atoms with Crippen LogP contribution in [0, 0.1) is 13.8 Å². The van der Waals surface area contributed by atoms with E-state index in [0.717, 1.165) is 17.8 Å². The Morgan fingerprint density at radius 2 is 1.74 bits per heavy atom. The molecule has 0 aliphatic carbocycles. The van der Waals surface area contributed by atoms with Crippen molar-refractivity contribution in [1.29, 1.82) is 0 Å². The largest absolute Gasteiger partial charge is 0.416 e. The second-order valence-corrected chi connectivity index (χ2v) is 7.09. The van der Waals surface area contributed by atoms with Crippen LogP contribution in [0.4, 0.5) is 30.6 Å². The fourth-order valence-corrected chi connectivity index (χ4v) is 3.25. The SMILES string of the molecule is Cc1nn2c(=O)n(C)c(C)cc2c1-c1cc(N)nc(Nc2ccc(C(F)(F)F)cc2)n1. The van der Waals surface area contributed by atoms with Gasteiger partial charge in [0.15, 0.2) is 0 Å². The number of nitrogen functional groups attached to an aromatic ring is 1. The Morgan fingerprint density at radius 3 is 2.39 bits per heavy atom. The molecule has 1 aromatic carbocycles. The first-order valence-electron chi connectivity index (χ1n) is 9.20. The number of hydrogen-bond acceptors (Lipinski definition) is 6. The molecule has 3 heterocycles. The van der Waals surface area contributed by atoms with Crippen LogP contribution in [0.2, 0.25) is 0 Å². The van der Waals surface area contributed by atoms with Crippen molar-refractivity contribution < 1.29 is 13.2 Å². The van der Waals surface area contributed by atoms with Gasteiger partial charge in [0, 0.05) is 30.1 Å². The van der Waals surface area contributed by atoms with Gasteiger partial charge in [0.1, 0.15) is 5.82 Å². The van der Waals surface area contributed by atoms with Gasteiger partial charge in [-0.05, 0) is 44.2 Å². The van der Waals surface area contributed by atoms with Crippen molar-refractivity contribution in [3.63, 3.8) is 0 Å². The number of aryl methyl sites for hydroxylation is 2. The second-order valence-electron chi connectivity index (χ2n) is 7.09. The lowest BCUT2D eigenvalue weighted by Gasteiger charge is -2.10. The van der Waals surface area contributed by atoms with E-state index >= 15 is 0 Å². The van der Waals surface area contributed by atoms with Crippen molar-refractivity contribution >= 4 is 23.0 Å². The van der Waals surface area contributed by atoms with Gasteiger partial charge in [0.05, 0.1) is 22.5 Å². The molecule has 0 aliphatic rings. The van der Waals surface area contributed by atoms with Gasteiger partial charge in [-0.3, -0.25) is 4.57 Å². The van der Waals surface area contributed by atoms with E-state index in [1.807, 2.05) is 6.07 Å². The van der Waals surface area contributed by atoms with Crippen molar-refractivity contribution in [2.45, 2.75) is 20.0 Å². The molecular formula is C20H18F3N7O. The van der Waals surface area contributed by atoms with Crippen LogP contribution in [0.15, 0.2) is 41.2 Å². The minimum absolute atomic E-state index is 0.106. The maximum atomic E-state index is 12.8. The van der Waals surface area contributed by atoms with Crippen molar-refractivity contribution in [2.24, 2.45) is 7.05 Å². The van der Waals surface area contributed by atoms with Gasteiger partial charge in [-0.25, -0.2) is 9.78 Å². The second kappa shape index (κ2) is 7.11. The maximum Gasteiger partial charge on any atom is 0.416 e. The summed E-state index contributed by atoms with van der Waals surface area (Å²) in [6, 6.07) is 7.85. The summed E-state index contributed by atoms with van der Waals surface area (Å²) in [5.74, 6) is 0.257. The molecule has 160 valence electrons. The highest BCUT2D eigenvalue weighted by molar-refractivity contribution is 5.82. The zero-order chi connectivity index (χ0) is 22.5. The monoisotopic (exact) mass is 429 g/mol. The molecule has 8 nitrogen and oxygen atoms in total. The smallest absolute Gasteiger partial charge is 0.384 e. The number of nitrogens with zero attached hydrogens (tertiary/aromatic N) is 5. The number of fused-ring (bicyclic) bond motifs is 1. The van der Waals surface area contributed by atoms with Crippen LogP contribution in [0.25, 0.3) is 16.8 Å². The molecule has 0 fully saturated rings. The van der Waals surface area contributed by atoms with Crippen molar-refractivity contribution in [3.8, 4) is 11.3 Å². The normalized spacial score (nSPS) is 11.8. The first-order chi connectivity index (χ1) is 14.5. The molecule has 0 aliphatic heterocycles. The fourth-order valence-electron chi connectivity index (χ4n) is 3.25. The van der Waals surface area contributed by atoms with E-state index < -0.39 is 11.7 Å². The highest BCUT2D eigenvalue weighted by Crippen LogP contribution is 2.31. The molecule has 4 aromatic rings. The summed E-state index contributed by atoms with van der Waals surface area (Å²) in [4.78, 5) is 21.1. The van der Waals surface area contributed by atoms with E-state index in [1.54, 1.807) is 27.0 Å². The number of alkyl halides is 3. The highest BCUT2D eigenvalue weighted by Gasteiger charge is 2.30. The average molecular weight is 429 g/mol. The number of nitrogens with two attached hydrogens (primary N) is 1. The number of hydrogen-bond donors (Lipinski definition) is 2. The van der Waals surface area contributed by atoms with E-state index in [0.29, 0.717) is 28.2 Å². The topological polar surface area (TPSA) is 103 Å². The predicted octanol–water partition coefficient (Wildman–Crippen LogP) is 3.45. The lowest BCUT2D eigenvalue weighted by Crippen LogP contribution is -2.26. The average Bonchev–Trinajstić information content (AvgIpc) is 3.01. The molecule has 3 aromatic heterocycles. The first kappa shape index (κ1) is 20.4. The van der Waals surface area contributed by atoms with Gasteiger partial charge in [-0.1, -0.05) is 0 Å². The van der Waals surface area contributed by atoms with Crippen molar-refractivity contribution in [2.75, 3.05) is 11.1 Å². The van der Waals surface area contributed by atoms with Crippen LogP contribution in [-0.4, -0.2) is 24.1 Å². The Balaban J connectivity index is 1.77. The van der Waals surface area contributed by atoms with Crippen LogP contribution in [0.5, 0.6) is 0 Å². The third-order valence-corrected chi connectivity index (χ3v) is 4.91. The zero-order valence-corrected chi connectivity index (χ0v) is 16.8. The quantitative estimate of drug-likeness (QED) is 0.517. The number of rotatable bonds is 3. The van der Waals surface area contributed by atoms with E-state index in [-0.39, 0.29) is 17.5 Å². The molecule has 0 spiro atoms. The summed E-state index contributed by atoms with van der Waals surface area (Å²) in [6.07, 6.45) is -4.42. The number of benzene rings is 1. The van der Waals surface area contributed by atoms with Gasteiger partial charge in [0.2, 0.25) is 5.95 Å². The third-order valence-electron chi connectivity index (χ3n) is 4.91. The summed E-state index contributed by atoms with van der Waals surface area (Å²) < 4.78 is 41.1. The predicted molar refractivity (Wildman–Crippen MR) is 110 cm³/mol. The van der Waals surface area contributed by atoms with E-state index in [1.165, 1.54) is 21.2 Å². The van der Waals surface area contributed by atoms with Crippen LogP contribution in [-0.2, 0) is 13.2 Å². The number of anilines is 3. The van der Waals surface area contributed by atoms with E-state index in [4.69, 9.17) is 5.73 Å². The van der Waals surface area contributed by atoms with Gasteiger partial charge in [0.25, 0.3) is 0 Å². The molecule has 3 N–H and O–H groups in total. The van der Waals surface area contributed by atoms with Crippen molar-refractivity contribution in [1.82, 2.24) is 24.1 Å². The Kier molecular flexibility index (Phi) is 4.68. The molecule has 4 rings (SSSR count). The lowest BCUT2D eigenvalue weighted by molar-refractivity contribution is -0.137.